The molecule has 2 heteroatoms. The molecule has 0 aliphatic carbocycles. The number of hydrogen-bond donors (Lipinski definition) is 1. The third-order valence-corrected chi connectivity index (χ3v) is 3.95. The van der Waals surface area contributed by atoms with Gasteiger partial charge < -0.3 is 5.11 Å². The van der Waals surface area contributed by atoms with Crippen molar-refractivity contribution in [2.45, 2.75) is 45.6 Å². The van der Waals surface area contributed by atoms with Crippen LogP contribution in [0.5, 0.6) is 5.75 Å². The van der Waals surface area contributed by atoms with Gasteiger partial charge in [-0.15, -0.1) is 0 Å². The highest BCUT2D eigenvalue weighted by Crippen LogP contribution is 2.23. The molecule has 100 valence electrons. The fourth-order valence-electron chi connectivity index (χ4n) is 2.99. The Kier molecular flexibility index (Phi) is 5.06. The second-order valence-electron chi connectivity index (χ2n) is 5.53. The molecule has 1 heterocycles. The summed E-state index contributed by atoms with van der Waals surface area (Å²) in [6, 6.07) is 7.66. The molecule has 0 saturated carbocycles. The van der Waals surface area contributed by atoms with Crippen LogP contribution in [0.1, 0.15) is 44.6 Å². The molecule has 1 N–H and O–H groups in total. The Morgan fingerprint density at radius 1 is 1.28 bits per heavy atom. The van der Waals surface area contributed by atoms with E-state index < -0.39 is 0 Å². The number of aromatic hydroxyl groups is 1. The van der Waals surface area contributed by atoms with Crippen LogP contribution in [0, 0.1) is 5.92 Å². The Labute approximate surface area is 111 Å². The zero-order valence-corrected chi connectivity index (χ0v) is 11.4. The van der Waals surface area contributed by atoms with Crippen molar-refractivity contribution in [3.63, 3.8) is 0 Å². The number of rotatable bonds is 4. The normalized spacial score (nSPS) is 21.7. The standard InChI is InChI=1S/C16H25NO/c1-2-5-14-7-4-10-17(11-9-14)13-15-6-3-8-16(18)12-15/h3,6,8,12,14,18H,2,4-5,7,9-11,13H2,1H3. The molecule has 0 bridgehead atoms. The Morgan fingerprint density at radius 3 is 2.94 bits per heavy atom. The molecule has 1 atom stereocenters. The molecule has 0 aromatic heterocycles. The predicted octanol–water partition coefficient (Wildman–Crippen LogP) is 3.79. The summed E-state index contributed by atoms with van der Waals surface area (Å²) in [7, 11) is 0. The lowest BCUT2D eigenvalue weighted by atomic mass is 9.96. The molecule has 1 unspecified atom stereocenters. The molecule has 0 radical (unpaired) electrons. The zero-order valence-electron chi connectivity index (χ0n) is 11.4. The Hall–Kier alpha value is -1.02. The fourth-order valence-corrected chi connectivity index (χ4v) is 2.99. The van der Waals surface area contributed by atoms with Crippen LogP contribution in [0.25, 0.3) is 0 Å². The lowest BCUT2D eigenvalue weighted by molar-refractivity contribution is 0.271. The summed E-state index contributed by atoms with van der Waals surface area (Å²) in [6.45, 7) is 5.68. The number of phenols is 1. The molecule has 1 saturated heterocycles. The molecule has 1 aliphatic heterocycles. The highest BCUT2D eigenvalue weighted by molar-refractivity contribution is 5.26. The summed E-state index contributed by atoms with van der Waals surface area (Å²) in [4.78, 5) is 2.53. The first-order valence-corrected chi connectivity index (χ1v) is 7.28. The Balaban J connectivity index is 1.87. The van der Waals surface area contributed by atoms with Crippen LogP contribution >= 0.6 is 0 Å². The fraction of sp³-hybridized carbons (Fsp3) is 0.625. The summed E-state index contributed by atoms with van der Waals surface area (Å²) in [5.74, 6) is 1.32. The van der Waals surface area contributed by atoms with Gasteiger partial charge in [-0.05, 0) is 56.0 Å². The van der Waals surface area contributed by atoms with Crippen LogP contribution in [0.15, 0.2) is 24.3 Å². The minimum atomic E-state index is 0.381. The second kappa shape index (κ2) is 6.79. The maximum Gasteiger partial charge on any atom is 0.115 e. The van der Waals surface area contributed by atoms with Gasteiger partial charge in [0.15, 0.2) is 0 Å². The second-order valence-corrected chi connectivity index (χ2v) is 5.53. The first-order valence-electron chi connectivity index (χ1n) is 7.28. The van der Waals surface area contributed by atoms with Gasteiger partial charge in [-0.3, -0.25) is 4.90 Å². The number of nitrogens with zero attached hydrogens (tertiary/aromatic N) is 1. The minimum absolute atomic E-state index is 0.381. The minimum Gasteiger partial charge on any atom is -0.508 e. The van der Waals surface area contributed by atoms with E-state index in [1.165, 1.54) is 50.8 Å². The third-order valence-electron chi connectivity index (χ3n) is 3.95. The van der Waals surface area contributed by atoms with Crippen LogP contribution < -0.4 is 0 Å². The molecule has 1 aromatic rings. The largest absolute Gasteiger partial charge is 0.508 e. The van der Waals surface area contributed by atoms with Crippen molar-refractivity contribution >= 4 is 0 Å². The smallest absolute Gasteiger partial charge is 0.115 e. The lowest BCUT2D eigenvalue weighted by Crippen LogP contribution is -2.24. The van der Waals surface area contributed by atoms with Crippen molar-refractivity contribution in [1.29, 1.82) is 0 Å². The van der Waals surface area contributed by atoms with Crippen LogP contribution in [-0.4, -0.2) is 23.1 Å². The van der Waals surface area contributed by atoms with Crippen molar-refractivity contribution in [2.24, 2.45) is 5.92 Å². The molecular weight excluding hydrogens is 222 g/mol. The van der Waals surface area contributed by atoms with Gasteiger partial charge in [0.2, 0.25) is 0 Å². The zero-order chi connectivity index (χ0) is 12.8. The summed E-state index contributed by atoms with van der Waals surface area (Å²) in [5, 5.41) is 9.49. The molecule has 1 aliphatic rings. The van der Waals surface area contributed by atoms with E-state index in [2.05, 4.69) is 17.9 Å². The van der Waals surface area contributed by atoms with Gasteiger partial charge in [0, 0.05) is 6.54 Å². The van der Waals surface area contributed by atoms with Crippen LogP contribution in [0.4, 0.5) is 0 Å². The molecule has 18 heavy (non-hydrogen) atoms. The monoisotopic (exact) mass is 247 g/mol. The first kappa shape index (κ1) is 13.4. The van der Waals surface area contributed by atoms with E-state index in [9.17, 15) is 5.11 Å². The molecule has 2 nitrogen and oxygen atoms in total. The molecule has 1 fully saturated rings. The molecule has 1 aromatic carbocycles. The molecule has 0 spiro atoms. The summed E-state index contributed by atoms with van der Waals surface area (Å²) in [6.07, 6.45) is 6.76. The van der Waals surface area contributed by atoms with Gasteiger partial charge in [0.1, 0.15) is 5.75 Å². The summed E-state index contributed by atoms with van der Waals surface area (Å²) >= 11 is 0. The number of likely N-dealkylation sites (tertiary alicyclic amines) is 1. The van der Waals surface area contributed by atoms with Gasteiger partial charge >= 0.3 is 0 Å². The topological polar surface area (TPSA) is 23.5 Å². The summed E-state index contributed by atoms with van der Waals surface area (Å²) in [5.41, 5.74) is 1.23. The third kappa shape index (κ3) is 4.02. The van der Waals surface area contributed by atoms with Crippen LogP contribution in [-0.2, 0) is 6.54 Å². The number of phenolic OH excluding ortho intramolecular Hbond substituents is 1. The van der Waals surface area contributed by atoms with Gasteiger partial charge in [0.05, 0.1) is 0 Å². The van der Waals surface area contributed by atoms with Gasteiger partial charge in [0.25, 0.3) is 0 Å². The number of hydrogen-bond acceptors (Lipinski definition) is 2. The van der Waals surface area contributed by atoms with E-state index in [0.29, 0.717) is 5.75 Å². The van der Waals surface area contributed by atoms with E-state index >= 15 is 0 Å². The van der Waals surface area contributed by atoms with Gasteiger partial charge in [-0.25, -0.2) is 0 Å². The Bertz CT molecular complexity index is 364. The van der Waals surface area contributed by atoms with Gasteiger partial charge in [-0.1, -0.05) is 31.9 Å². The Morgan fingerprint density at radius 2 is 2.17 bits per heavy atom. The summed E-state index contributed by atoms with van der Waals surface area (Å²) < 4.78 is 0. The van der Waals surface area contributed by atoms with Crippen molar-refractivity contribution in [1.82, 2.24) is 4.90 Å². The van der Waals surface area contributed by atoms with E-state index in [0.717, 1.165) is 12.5 Å². The SMILES string of the molecule is CCCC1CCCN(Cc2cccc(O)c2)CC1. The highest BCUT2D eigenvalue weighted by atomic mass is 16.3. The van der Waals surface area contributed by atoms with E-state index in [4.69, 9.17) is 0 Å². The maximum atomic E-state index is 9.49. The molecule has 2 rings (SSSR count). The van der Waals surface area contributed by atoms with Crippen molar-refractivity contribution in [3.05, 3.63) is 29.8 Å². The first-order chi connectivity index (χ1) is 8.78. The average molecular weight is 247 g/mol. The van der Waals surface area contributed by atoms with Crippen LogP contribution in [0.3, 0.4) is 0 Å². The van der Waals surface area contributed by atoms with Gasteiger partial charge in [-0.2, -0.15) is 0 Å². The highest BCUT2D eigenvalue weighted by Gasteiger charge is 2.16. The molecule has 0 amide bonds. The van der Waals surface area contributed by atoms with E-state index in [-0.39, 0.29) is 0 Å². The van der Waals surface area contributed by atoms with Crippen molar-refractivity contribution in [2.75, 3.05) is 13.1 Å². The average Bonchev–Trinajstić information content (AvgIpc) is 2.56. The van der Waals surface area contributed by atoms with Crippen molar-refractivity contribution in [3.8, 4) is 5.75 Å². The van der Waals surface area contributed by atoms with Crippen LogP contribution in [0.2, 0.25) is 0 Å². The van der Waals surface area contributed by atoms with E-state index in [1.807, 2.05) is 12.1 Å². The number of benzene rings is 1. The lowest BCUT2D eigenvalue weighted by Gasteiger charge is -2.20. The maximum absolute atomic E-state index is 9.49. The molecular formula is C16H25NO. The predicted molar refractivity (Wildman–Crippen MR) is 75.6 cm³/mol. The van der Waals surface area contributed by atoms with Crippen molar-refractivity contribution < 1.29 is 5.11 Å². The quantitative estimate of drug-likeness (QED) is 0.875. The van der Waals surface area contributed by atoms with E-state index in [1.54, 1.807) is 6.07 Å².